The second-order valence-corrected chi connectivity index (χ2v) is 4.21. The lowest BCUT2D eigenvalue weighted by Gasteiger charge is -2.04. The number of benzene rings is 1. The summed E-state index contributed by atoms with van der Waals surface area (Å²) in [6.07, 6.45) is 2.48. The molecule has 3 rings (SSSR count). The first-order valence-electron chi connectivity index (χ1n) is 6.10. The van der Waals surface area contributed by atoms with Crippen LogP contribution in [-0.2, 0) is 6.42 Å². The average Bonchev–Trinajstić information content (AvgIpc) is 3.08. The molecule has 19 heavy (non-hydrogen) atoms. The number of hydrogen-bond donors (Lipinski definition) is 2. The van der Waals surface area contributed by atoms with E-state index in [9.17, 15) is 4.79 Å². The number of para-hydroxylation sites is 1. The number of aromatic nitrogens is 2. The van der Waals surface area contributed by atoms with Gasteiger partial charge in [-0.1, -0.05) is 19.1 Å². The Kier molecular flexibility index (Phi) is 2.79. The first kappa shape index (κ1) is 11.5. The first-order chi connectivity index (χ1) is 9.28. The zero-order valence-electron chi connectivity index (χ0n) is 10.4. The summed E-state index contributed by atoms with van der Waals surface area (Å²) >= 11 is 0. The number of nitrogens with one attached hydrogen (secondary N) is 2. The van der Waals surface area contributed by atoms with E-state index in [1.165, 1.54) is 0 Å². The number of nitrogens with zero attached hydrogens (tertiary/aromatic N) is 1. The van der Waals surface area contributed by atoms with Gasteiger partial charge in [-0.25, -0.2) is 0 Å². The molecular weight excluding hydrogens is 242 g/mol. The van der Waals surface area contributed by atoms with Crippen LogP contribution in [0.4, 0.5) is 5.69 Å². The van der Waals surface area contributed by atoms with Crippen molar-refractivity contribution < 1.29 is 9.21 Å². The van der Waals surface area contributed by atoms with E-state index in [-0.39, 0.29) is 5.91 Å². The zero-order chi connectivity index (χ0) is 13.2. The molecule has 3 aromatic rings. The Hall–Kier alpha value is -2.56. The van der Waals surface area contributed by atoms with Gasteiger partial charge in [-0.15, -0.1) is 0 Å². The van der Waals surface area contributed by atoms with Crippen molar-refractivity contribution in [1.29, 1.82) is 0 Å². The quantitative estimate of drug-likeness (QED) is 0.755. The molecule has 0 aliphatic rings. The molecule has 0 aliphatic carbocycles. The number of fused-ring (bicyclic) bond motifs is 1. The van der Waals surface area contributed by atoms with Gasteiger partial charge in [0.25, 0.3) is 5.91 Å². The molecule has 1 amide bonds. The standard InChI is InChI=1S/C14H13N3O2/c1-2-10-6-7-12(19-10)14(18)16-11-5-3-4-9-8-15-17-13(9)11/h3-8H,2H2,1H3,(H,15,17)(H,16,18). The number of rotatable bonds is 3. The largest absolute Gasteiger partial charge is 0.456 e. The highest BCUT2D eigenvalue weighted by Crippen LogP contribution is 2.21. The molecule has 96 valence electrons. The maximum Gasteiger partial charge on any atom is 0.291 e. The number of hydrogen-bond acceptors (Lipinski definition) is 3. The molecule has 0 atom stereocenters. The van der Waals surface area contributed by atoms with Crippen molar-refractivity contribution in [1.82, 2.24) is 10.2 Å². The van der Waals surface area contributed by atoms with E-state index in [1.807, 2.05) is 31.2 Å². The lowest BCUT2D eigenvalue weighted by atomic mass is 10.2. The second-order valence-electron chi connectivity index (χ2n) is 4.21. The molecule has 0 aliphatic heterocycles. The molecule has 0 spiro atoms. The fraction of sp³-hybridized carbons (Fsp3) is 0.143. The number of aryl methyl sites for hydroxylation is 1. The van der Waals surface area contributed by atoms with E-state index in [1.54, 1.807) is 12.3 Å². The van der Waals surface area contributed by atoms with Gasteiger partial charge in [0, 0.05) is 11.8 Å². The molecule has 1 aromatic carbocycles. The van der Waals surface area contributed by atoms with Crippen LogP contribution in [0, 0.1) is 0 Å². The predicted molar refractivity (Wildman–Crippen MR) is 72.1 cm³/mol. The maximum atomic E-state index is 12.1. The smallest absolute Gasteiger partial charge is 0.291 e. The Labute approximate surface area is 109 Å². The molecule has 5 heteroatoms. The minimum absolute atomic E-state index is 0.262. The third-order valence-corrected chi connectivity index (χ3v) is 2.96. The van der Waals surface area contributed by atoms with Gasteiger partial charge in [-0.3, -0.25) is 9.89 Å². The Morgan fingerprint density at radius 1 is 1.37 bits per heavy atom. The summed E-state index contributed by atoms with van der Waals surface area (Å²) in [6, 6.07) is 9.11. The van der Waals surface area contributed by atoms with E-state index in [0.717, 1.165) is 23.1 Å². The number of anilines is 1. The van der Waals surface area contributed by atoms with Crippen LogP contribution in [0.1, 0.15) is 23.2 Å². The van der Waals surface area contributed by atoms with Crippen LogP contribution in [0.2, 0.25) is 0 Å². The lowest BCUT2D eigenvalue weighted by molar-refractivity contribution is 0.0995. The van der Waals surface area contributed by atoms with Gasteiger partial charge in [0.1, 0.15) is 5.76 Å². The molecule has 0 radical (unpaired) electrons. The van der Waals surface area contributed by atoms with Crippen molar-refractivity contribution in [3.63, 3.8) is 0 Å². The van der Waals surface area contributed by atoms with Crippen LogP contribution >= 0.6 is 0 Å². The molecule has 0 unspecified atom stereocenters. The van der Waals surface area contributed by atoms with E-state index in [2.05, 4.69) is 15.5 Å². The molecule has 2 N–H and O–H groups in total. The summed E-state index contributed by atoms with van der Waals surface area (Å²) in [4.78, 5) is 12.1. The molecule has 5 nitrogen and oxygen atoms in total. The topological polar surface area (TPSA) is 70.9 Å². The Balaban J connectivity index is 1.88. The van der Waals surface area contributed by atoms with E-state index in [0.29, 0.717) is 11.4 Å². The zero-order valence-corrected chi connectivity index (χ0v) is 10.4. The minimum Gasteiger partial charge on any atom is -0.456 e. The van der Waals surface area contributed by atoms with Crippen LogP contribution in [0.5, 0.6) is 0 Å². The summed E-state index contributed by atoms with van der Waals surface area (Å²) in [5.41, 5.74) is 1.49. The van der Waals surface area contributed by atoms with Gasteiger partial charge < -0.3 is 9.73 Å². The fourth-order valence-electron chi connectivity index (χ4n) is 1.95. The van der Waals surface area contributed by atoms with E-state index >= 15 is 0 Å². The predicted octanol–water partition coefficient (Wildman–Crippen LogP) is 2.97. The molecule has 0 fully saturated rings. The first-order valence-corrected chi connectivity index (χ1v) is 6.10. The van der Waals surface area contributed by atoms with Crippen LogP contribution in [0.15, 0.2) is 40.9 Å². The summed E-state index contributed by atoms with van der Waals surface area (Å²) in [7, 11) is 0. The number of aromatic amines is 1. The monoisotopic (exact) mass is 255 g/mol. The molecular formula is C14H13N3O2. The van der Waals surface area contributed by atoms with Gasteiger partial charge in [0.15, 0.2) is 5.76 Å². The Morgan fingerprint density at radius 2 is 2.26 bits per heavy atom. The summed E-state index contributed by atoms with van der Waals surface area (Å²) in [5, 5.41) is 10.6. The van der Waals surface area contributed by atoms with Crippen molar-refractivity contribution in [3.05, 3.63) is 48.0 Å². The van der Waals surface area contributed by atoms with Crippen LogP contribution in [0.3, 0.4) is 0 Å². The minimum atomic E-state index is -0.262. The number of amides is 1. The van der Waals surface area contributed by atoms with Gasteiger partial charge in [0.2, 0.25) is 0 Å². The molecule has 0 bridgehead atoms. The average molecular weight is 255 g/mol. The highest BCUT2D eigenvalue weighted by molar-refractivity contribution is 6.06. The van der Waals surface area contributed by atoms with E-state index < -0.39 is 0 Å². The Morgan fingerprint density at radius 3 is 3.05 bits per heavy atom. The number of furan rings is 1. The SMILES string of the molecule is CCc1ccc(C(=O)Nc2cccc3cn[nH]c23)o1. The van der Waals surface area contributed by atoms with Crippen molar-refractivity contribution in [2.24, 2.45) is 0 Å². The van der Waals surface area contributed by atoms with Gasteiger partial charge in [-0.2, -0.15) is 5.10 Å². The molecule has 2 aromatic heterocycles. The maximum absolute atomic E-state index is 12.1. The number of H-pyrrole nitrogens is 1. The summed E-state index contributed by atoms with van der Waals surface area (Å²) in [6.45, 7) is 1.98. The van der Waals surface area contributed by atoms with E-state index in [4.69, 9.17) is 4.42 Å². The van der Waals surface area contributed by atoms with Crippen LogP contribution in [0.25, 0.3) is 10.9 Å². The molecule has 2 heterocycles. The third kappa shape index (κ3) is 2.10. The van der Waals surface area contributed by atoms with Gasteiger partial charge in [-0.05, 0) is 18.2 Å². The number of carbonyl (C=O) groups excluding carboxylic acids is 1. The summed E-state index contributed by atoms with van der Waals surface area (Å²) in [5.74, 6) is 0.847. The highest BCUT2D eigenvalue weighted by atomic mass is 16.3. The summed E-state index contributed by atoms with van der Waals surface area (Å²) < 4.78 is 5.42. The van der Waals surface area contributed by atoms with Crippen molar-refractivity contribution in [2.75, 3.05) is 5.32 Å². The van der Waals surface area contributed by atoms with Crippen molar-refractivity contribution >= 4 is 22.5 Å². The van der Waals surface area contributed by atoms with Gasteiger partial charge in [0.05, 0.1) is 17.4 Å². The fourth-order valence-corrected chi connectivity index (χ4v) is 1.95. The third-order valence-electron chi connectivity index (χ3n) is 2.96. The number of carbonyl (C=O) groups is 1. The molecule has 0 saturated carbocycles. The van der Waals surface area contributed by atoms with Crippen LogP contribution in [-0.4, -0.2) is 16.1 Å². The molecule has 0 saturated heterocycles. The van der Waals surface area contributed by atoms with Crippen molar-refractivity contribution in [2.45, 2.75) is 13.3 Å². The normalized spacial score (nSPS) is 10.8. The van der Waals surface area contributed by atoms with Crippen LogP contribution < -0.4 is 5.32 Å². The lowest BCUT2D eigenvalue weighted by Crippen LogP contribution is -2.11. The van der Waals surface area contributed by atoms with Gasteiger partial charge >= 0.3 is 0 Å². The van der Waals surface area contributed by atoms with Crippen molar-refractivity contribution in [3.8, 4) is 0 Å². The highest BCUT2D eigenvalue weighted by Gasteiger charge is 2.12. The second kappa shape index (κ2) is 4.61. The Bertz CT molecular complexity index is 727.